The van der Waals surface area contributed by atoms with E-state index in [-0.39, 0.29) is 16.6 Å². The Morgan fingerprint density at radius 1 is 1.50 bits per heavy atom. The fourth-order valence-corrected chi connectivity index (χ4v) is 3.41. The van der Waals surface area contributed by atoms with Crippen LogP contribution in [0.25, 0.3) is 0 Å². The summed E-state index contributed by atoms with van der Waals surface area (Å²) < 4.78 is 32.3. The molecule has 0 saturated heterocycles. The average Bonchev–Trinajstić information content (AvgIpc) is 2.41. The van der Waals surface area contributed by atoms with Crippen molar-refractivity contribution in [3.05, 3.63) is 33.9 Å². The maximum atomic E-state index is 12.3. The second-order valence-electron chi connectivity index (χ2n) is 3.74. The zero-order chi connectivity index (χ0) is 14.8. The summed E-state index contributed by atoms with van der Waals surface area (Å²) in [5.74, 6) is 0.0785. The van der Waals surface area contributed by atoms with E-state index in [0.717, 1.165) is 0 Å². The van der Waals surface area contributed by atoms with Crippen molar-refractivity contribution in [2.24, 2.45) is 0 Å². The second kappa shape index (κ2) is 5.98. The summed E-state index contributed by atoms with van der Waals surface area (Å²) in [6.07, 6.45) is 6.68. The van der Waals surface area contributed by atoms with Crippen LogP contribution in [-0.4, -0.2) is 30.4 Å². The predicted octanol–water partition coefficient (Wildman–Crippen LogP) is 2.20. The molecule has 0 aliphatic heterocycles. The molecule has 0 spiro atoms. The number of rotatable bonds is 4. The van der Waals surface area contributed by atoms with Crippen molar-refractivity contribution in [2.45, 2.75) is 6.42 Å². The Hall–Kier alpha value is -1.32. The molecule has 0 radical (unpaired) electrons. The molecule has 0 fully saturated rings. The standard InChI is InChI=1S/C11H10BrN3O3S2/c1-18-11-10(13-6-9(12)14-11)15-20(16,17)8-5-3-2-4-7(8)19/h2-3,5-6H,4H2,1H3,(H,13,15). The van der Waals surface area contributed by atoms with Gasteiger partial charge in [0.2, 0.25) is 5.82 Å². The molecule has 0 bridgehead atoms. The zero-order valence-electron chi connectivity index (χ0n) is 10.3. The monoisotopic (exact) mass is 375 g/mol. The molecule has 0 atom stereocenters. The molecule has 0 amide bonds. The quantitative estimate of drug-likeness (QED) is 0.812. The maximum Gasteiger partial charge on any atom is 0.264 e. The van der Waals surface area contributed by atoms with E-state index < -0.39 is 10.0 Å². The van der Waals surface area contributed by atoms with Crippen molar-refractivity contribution in [1.82, 2.24) is 9.97 Å². The van der Waals surface area contributed by atoms with Gasteiger partial charge in [-0.2, -0.15) is 0 Å². The van der Waals surface area contributed by atoms with E-state index in [1.165, 1.54) is 19.4 Å². The molecule has 1 N–H and O–H groups in total. The number of allylic oxidation sites excluding steroid dienone is 4. The van der Waals surface area contributed by atoms with Crippen LogP contribution in [0, 0.1) is 0 Å². The lowest BCUT2D eigenvalue weighted by atomic mass is 10.2. The highest BCUT2D eigenvalue weighted by atomic mass is 79.9. The van der Waals surface area contributed by atoms with Crippen LogP contribution in [0.4, 0.5) is 5.82 Å². The Bertz CT molecular complexity index is 714. The second-order valence-corrected chi connectivity index (χ2v) is 6.70. The fourth-order valence-electron chi connectivity index (χ4n) is 1.51. The summed E-state index contributed by atoms with van der Waals surface area (Å²) in [6, 6.07) is 0. The summed E-state index contributed by atoms with van der Waals surface area (Å²) in [7, 11) is -2.43. The molecular formula is C11H10BrN3O3S2. The number of nitrogens with zero attached hydrogens (tertiary/aromatic N) is 2. The third kappa shape index (κ3) is 3.22. The molecule has 1 aromatic heterocycles. The molecular weight excluding hydrogens is 366 g/mol. The number of sulfonamides is 1. The van der Waals surface area contributed by atoms with Crippen molar-refractivity contribution in [1.29, 1.82) is 0 Å². The SMILES string of the molecule is COc1nc(Br)cnc1NS(=O)(=O)C1=CC=CCC1=S. The first-order chi connectivity index (χ1) is 9.44. The van der Waals surface area contributed by atoms with Gasteiger partial charge in [0.05, 0.1) is 13.3 Å². The number of hydrogen-bond donors (Lipinski definition) is 1. The molecule has 0 saturated carbocycles. The van der Waals surface area contributed by atoms with Crippen LogP contribution < -0.4 is 9.46 Å². The third-order valence-electron chi connectivity index (χ3n) is 2.39. The van der Waals surface area contributed by atoms with E-state index in [0.29, 0.717) is 15.9 Å². The molecule has 0 aromatic carbocycles. The van der Waals surface area contributed by atoms with Crippen molar-refractivity contribution in [2.75, 3.05) is 11.8 Å². The molecule has 1 heterocycles. The van der Waals surface area contributed by atoms with Crippen LogP contribution in [0.5, 0.6) is 5.88 Å². The molecule has 1 aromatic rings. The van der Waals surface area contributed by atoms with Crippen molar-refractivity contribution in [3.8, 4) is 5.88 Å². The molecule has 106 valence electrons. The van der Waals surface area contributed by atoms with Gasteiger partial charge in [0.1, 0.15) is 9.51 Å². The number of anilines is 1. The van der Waals surface area contributed by atoms with Crippen LogP contribution in [0.1, 0.15) is 6.42 Å². The predicted molar refractivity (Wildman–Crippen MR) is 83.3 cm³/mol. The van der Waals surface area contributed by atoms with Gasteiger partial charge >= 0.3 is 0 Å². The zero-order valence-corrected chi connectivity index (χ0v) is 13.5. The largest absolute Gasteiger partial charge is 0.478 e. The van der Waals surface area contributed by atoms with Crippen molar-refractivity contribution in [3.63, 3.8) is 0 Å². The smallest absolute Gasteiger partial charge is 0.264 e. The van der Waals surface area contributed by atoms with Gasteiger partial charge in [-0.05, 0) is 22.0 Å². The number of methoxy groups -OCH3 is 1. The Morgan fingerprint density at radius 3 is 2.90 bits per heavy atom. The molecule has 2 rings (SSSR count). The van der Waals surface area contributed by atoms with Gasteiger partial charge in [0.25, 0.3) is 15.9 Å². The first-order valence-corrected chi connectivity index (χ1v) is 8.12. The number of thiocarbonyl (C=S) groups is 1. The van der Waals surface area contributed by atoms with E-state index in [1.807, 2.05) is 0 Å². The van der Waals surface area contributed by atoms with Gasteiger partial charge in [-0.15, -0.1) is 0 Å². The normalized spacial score (nSPS) is 14.9. The Kier molecular flexibility index (Phi) is 4.51. The highest BCUT2D eigenvalue weighted by Crippen LogP contribution is 2.25. The Labute approximate surface area is 130 Å². The van der Waals surface area contributed by atoms with Gasteiger partial charge in [-0.3, -0.25) is 4.72 Å². The van der Waals surface area contributed by atoms with Gasteiger partial charge in [-0.1, -0.05) is 24.4 Å². The van der Waals surface area contributed by atoms with E-state index in [1.54, 1.807) is 12.2 Å². The molecule has 1 aliphatic carbocycles. The van der Waals surface area contributed by atoms with Crippen LogP contribution in [0.15, 0.2) is 33.9 Å². The maximum absolute atomic E-state index is 12.3. The minimum Gasteiger partial charge on any atom is -0.478 e. The molecule has 9 heteroatoms. The number of nitrogens with one attached hydrogen (secondary N) is 1. The lowest BCUT2D eigenvalue weighted by Crippen LogP contribution is -2.21. The summed E-state index contributed by atoms with van der Waals surface area (Å²) >= 11 is 8.19. The number of hydrogen-bond acceptors (Lipinski definition) is 6. The van der Waals surface area contributed by atoms with E-state index in [9.17, 15) is 8.42 Å². The van der Waals surface area contributed by atoms with Crippen LogP contribution in [-0.2, 0) is 10.0 Å². The molecule has 1 aliphatic rings. The highest BCUT2D eigenvalue weighted by molar-refractivity contribution is 9.10. The minimum atomic E-state index is -3.81. The summed E-state index contributed by atoms with van der Waals surface area (Å²) in [5.41, 5.74) is 0. The molecule has 20 heavy (non-hydrogen) atoms. The average molecular weight is 376 g/mol. The highest BCUT2D eigenvalue weighted by Gasteiger charge is 2.24. The summed E-state index contributed by atoms with van der Waals surface area (Å²) in [6.45, 7) is 0. The lowest BCUT2D eigenvalue weighted by molar-refractivity contribution is 0.397. The summed E-state index contributed by atoms with van der Waals surface area (Å²) in [4.78, 5) is 8.33. The van der Waals surface area contributed by atoms with Gasteiger partial charge < -0.3 is 4.74 Å². The summed E-state index contributed by atoms with van der Waals surface area (Å²) in [5, 5.41) is 0. The van der Waals surface area contributed by atoms with Gasteiger partial charge in [-0.25, -0.2) is 18.4 Å². The van der Waals surface area contributed by atoms with Crippen LogP contribution in [0.3, 0.4) is 0 Å². The van der Waals surface area contributed by atoms with E-state index in [2.05, 4.69) is 30.6 Å². The van der Waals surface area contributed by atoms with Crippen LogP contribution in [0.2, 0.25) is 0 Å². The Morgan fingerprint density at radius 2 is 2.25 bits per heavy atom. The van der Waals surface area contributed by atoms with Gasteiger partial charge in [0, 0.05) is 11.3 Å². The number of aromatic nitrogens is 2. The number of ether oxygens (including phenoxy) is 1. The first-order valence-electron chi connectivity index (χ1n) is 5.43. The van der Waals surface area contributed by atoms with Crippen molar-refractivity contribution < 1.29 is 13.2 Å². The molecule has 0 unspecified atom stereocenters. The Balaban J connectivity index is 2.36. The topological polar surface area (TPSA) is 81.2 Å². The van der Waals surface area contributed by atoms with E-state index in [4.69, 9.17) is 17.0 Å². The van der Waals surface area contributed by atoms with E-state index >= 15 is 0 Å². The van der Waals surface area contributed by atoms with Crippen molar-refractivity contribution >= 4 is 48.9 Å². The number of halogens is 1. The first kappa shape index (κ1) is 15.1. The molecule has 6 nitrogen and oxygen atoms in total. The third-order valence-corrected chi connectivity index (χ3v) is 4.71. The van der Waals surface area contributed by atoms with Crippen LogP contribution >= 0.6 is 28.1 Å². The minimum absolute atomic E-state index is 0.00829. The lowest BCUT2D eigenvalue weighted by Gasteiger charge is -2.14. The van der Waals surface area contributed by atoms with Gasteiger partial charge in [0.15, 0.2) is 0 Å². The fraction of sp³-hybridized carbons (Fsp3) is 0.182.